The van der Waals surface area contributed by atoms with Gasteiger partial charge >= 0.3 is 0 Å². The molecule has 2 heterocycles. The molecule has 0 spiro atoms. The van der Waals surface area contributed by atoms with E-state index in [0.717, 1.165) is 11.3 Å². The third-order valence-corrected chi connectivity index (χ3v) is 4.58. The third-order valence-electron chi connectivity index (χ3n) is 3.71. The Morgan fingerprint density at radius 2 is 1.87 bits per heavy atom. The number of thiophene rings is 1. The highest BCUT2D eigenvalue weighted by Crippen LogP contribution is 2.36. The zero-order chi connectivity index (χ0) is 17.4. The van der Waals surface area contributed by atoms with Crippen molar-refractivity contribution in [1.29, 1.82) is 0 Å². The highest BCUT2D eigenvalue weighted by atomic mass is 32.1. The van der Waals surface area contributed by atoms with Crippen molar-refractivity contribution in [3.8, 4) is 16.3 Å². The Morgan fingerprint density at radius 1 is 1.22 bits per heavy atom. The zero-order valence-electron chi connectivity index (χ0n) is 14.8. The van der Waals surface area contributed by atoms with Crippen LogP contribution in [0.15, 0.2) is 22.3 Å². The van der Waals surface area contributed by atoms with Gasteiger partial charge in [-0.25, -0.2) is 4.68 Å². The number of hydrogen-bond donors (Lipinski definition) is 1. The molecule has 2 aromatic heterocycles. The molecule has 0 fully saturated rings. The monoisotopic (exact) mass is 334 g/mol. The number of aromatic hydroxyl groups is 1. The fourth-order valence-corrected chi connectivity index (χ4v) is 3.12. The molecular formula is C18H26N2O2S. The van der Waals surface area contributed by atoms with Crippen LogP contribution in [0.1, 0.15) is 53.5 Å². The summed E-state index contributed by atoms with van der Waals surface area (Å²) >= 11 is 1.51. The molecule has 23 heavy (non-hydrogen) atoms. The molecule has 4 nitrogen and oxygen atoms in total. The minimum absolute atomic E-state index is 0.0111. The van der Waals surface area contributed by atoms with Crippen molar-refractivity contribution >= 4 is 11.3 Å². The number of aryl methyl sites for hydroxylation is 1. The predicted octanol–water partition coefficient (Wildman–Crippen LogP) is 4.41. The largest absolute Gasteiger partial charge is 0.505 e. The Hall–Kier alpha value is -1.62. The van der Waals surface area contributed by atoms with Gasteiger partial charge in [0.1, 0.15) is 5.69 Å². The zero-order valence-corrected chi connectivity index (χ0v) is 15.6. The highest BCUT2D eigenvalue weighted by Gasteiger charge is 2.28. The minimum atomic E-state index is -0.445. The van der Waals surface area contributed by atoms with Gasteiger partial charge in [0.25, 0.3) is 5.56 Å². The summed E-state index contributed by atoms with van der Waals surface area (Å²) in [7, 11) is 0. The van der Waals surface area contributed by atoms with Crippen LogP contribution in [0.4, 0.5) is 0 Å². The van der Waals surface area contributed by atoms with Crippen molar-refractivity contribution in [2.45, 2.75) is 59.9 Å². The third kappa shape index (κ3) is 4.02. The molecule has 2 aromatic rings. The van der Waals surface area contributed by atoms with E-state index in [1.165, 1.54) is 16.0 Å². The van der Waals surface area contributed by atoms with Gasteiger partial charge in [-0.3, -0.25) is 4.79 Å². The van der Waals surface area contributed by atoms with E-state index >= 15 is 0 Å². The molecule has 0 aliphatic carbocycles. The van der Waals surface area contributed by atoms with Crippen LogP contribution in [0.3, 0.4) is 0 Å². The maximum Gasteiger partial charge on any atom is 0.274 e. The maximum atomic E-state index is 12.8. The molecule has 0 bridgehead atoms. The lowest BCUT2D eigenvalue weighted by molar-refractivity contribution is 0.332. The van der Waals surface area contributed by atoms with Gasteiger partial charge in [0.05, 0.1) is 10.4 Å². The predicted molar refractivity (Wildman–Crippen MR) is 96.2 cm³/mol. The van der Waals surface area contributed by atoms with Crippen LogP contribution in [-0.2, 0) is 12.0 Å². The molecule has 0 aliphatic heterocycles. The van der Waals surface area contributed by atoms with Crippen LogP contribution in [0, 0.1) is 5.41 Å². The summed E-state index contributed by atoms with van der Waals surface area (Å²) in [5.74, 6) is 0.0111. The van der Waals surface area contributed by atoms with Crippen LogP contribution in [-0.4, -0.2) is 14.9 Å². The summed E-state index contributed by atoms with van der Waals surface area (Å²) in [4.78, 5) is 13.7. The molecule has 0 amide bonds. The van der Waals surface area contributed by atoms with Crippen LogP contribution in [0.25, 0.3) is 10.6 Å². The average molecular weight is 334 g/mol. The molecule has 0 saturated carbocycles. The first kappa shape index (κ1) is 17.7. The van der Waals surface area contributed by atoms with Crippen LogP contribution in [0.5, 0.6) is 5.75 Å². The normalized spacial score (nSPS) is 12.6. The Bertz CT molecular complexity index is 732. The summed E-state index contributed by atoms with van der Waals surface area (Å²) in [5, 5.41) is 17.1. The molecule has 0 aromatic carbocycles. The first-order valence-electron chi connectivity index (χ1n) is 7.89. The highest BCUT2D eigenvalue weighted by molar-refractivity contribution is 7.13. The summed E-state index contributed by atoms with van der Waals surface area (Å²) in [6.07, 6.45) is 0.845. The molecule has 0 radical (unpaired) electrons. The summed E-state index contributed by atoms with van der Waals surface area (Å²) in [6, 6.07) is 3.83. The number of rotatable bonds is 3. The van der Waals surface area contributed by atoms with Gasteiger partial charge in [-0.1, -0.05) is 47.6 Å². The van der Waals surface area contributed by atoms with Gasteiger partial charge in [-0.15, -0.1) is 11.3 Å². The fourth-order valence-electron chi connectivity index (χ4n) is 2.41. The molecule has 126 valence electrons. The van der Waals surface area contributed by atoms with Crippen LogP contribution < -0.4 is 5.56 Å². The van der Waals surface area contributed by atoms with Gasteiger partial charge in [-0.05, 0) is 28.7 Å². The second kappa shape index (κ2) is 6.11. The van der Waals surface area contributed by atoms with E-state index in [2.05, 4.69) is 25.9 Å². The number of hydrogen-bond acceptors (Lipinski definition) is 4. The fraction of sp³-hybridized carbons (Fsp3) is 0.556. The van der Waals surface area contributed by atoms with E-state index < -0.39 is 5.41 Å². The smallest absolute Gasteiger partial charge is 0.274 e. The molecule has 0 unspecified atom stereocenters. The first-order chi connectivity index (χ1) is 10.5. The SMILES string of the molecule is CC(C)(C)CCn1nc(-c2cccs2)c(O)c(C(C)(C)C)c1=O. The van der Waals surface area contributed by atoms with Crippen LogP contribution in [0.2, 0.25) is 0 Å². The summed E-state index contributed by atoms with van der Waals surface area (Å²) in [5.41, 5.74) is 0.409. The van der Waals surface area contributed by atoms with Gasteiger partial charge in [0.15, 0.2) is 5.75 Å². The molecule has 0 saturated heterocycles. The average Bonchev–Trinajstić information content (AvgIpc) is 2.88. The summed E-state index contributed by atoms with van der Waals surface area (Å²) in [6.45, 7) is 12.8. The quantitative estimate of drug-likeness (QED) is 0.904. The number of nitrogens with zero attached hydrogens (tertiary/aromatic N) is 2. The van der Waals surface area contributed by atoms with E-state index in [0.29, 0.717) is 17.8 Å². The molecular weight excluding hydrogens is 308 g/mol. The van der Waals surface area contributed by atoms with Crippen molar-refractivity contribution in [3.63, 3.8) is 0 Å². The topological polar surface area (TPSA) is 55.1 Å². The van der Waals surface area contributed by atoms with Crippen LogP contribution >= 0.6 is 11.3 Å². The maximum absolute atomic E-state index is 12.8. The Morgan fingerprint density at radius 3 is 2.35 bits per heavy atom. The van der Waals surface area contributed by atoms with E-state index in [9.17, 15) is 9.90 Å². The van der Waals surface area contributed by atoms with Crippen molar-refractivity contribution < 1.29 is 5.11 Å². The van der Waals surface area contributed by atoms with Gasteiger partial charge in [-0.2, -0.15) is 5.10 Å². The summed E-state index contributed by atoms with van der Waals surface area (Å²) < 4.78 is 1.51. The lowest BCUT2D eigenvalue weighted by Crippen LogP contribution is -2.33. The van der Waals surface area contributed by atoms with E-state index in [-0.39, 0.29) is 16.7 Å². The van der Waals surface area contributed by atoms with Crippen molar-refractivity contribution in [2.24, 2.45) is 5.41 Å². The van der Waals surface area contributed by atoms with Crippen molar-refractivity contribution in [3.05, 3.63) is 33.4 Å². The minimum Gasteiger partial charge on any atom is -0.505 e. The van der Waals surface area contributed by atoms with Gasteiger partial charge < -0.3 is 5.11 Å². The van der Waals surface area contributed by atoms with E-state index in [4.69, 9.17) is 0 Å². The lowest BCUT2D eigenvalue weighted by atomic mass is 9.86. The number of aromatic nitrogens is 2. The second-order valence-electron chi connectivity index (χ2n) is 8.14. The first-order valence-corrected chi connectivity index (χ1v) is 8.77. The Labute approximate surface area is 141 Å². The lowest BCUT2D eigenvalue weighted by Gasteiger charge is -2.23. The van der Waals surface area contributed by atoms with Crippen molar-refractivity contribution in [1.82, 2.24) is 9.78 Å². The molecule has 0 atom stereocenters. The molecule has 2 rings (SSSR count). The molecule has 1 N–H and O–H groups in total. The van der Waals surface area contributed by atoms with Crippen molar-refractivity contribution in [2.75, 3.05) is 0 Å². The van der Waals surface area contributed by atoms with E-state index in [1.807, 2.05) is 38.3 Å². The standard InChI is InChI=1S/C18H26N2O2S/c1-17(2,3)9-10-20-16(22)13(18(4,5)6)15(21)14(19-20)12-8-7-11-23-12/h7-8,11,21H,9-10H2,1-6H3. The Balaban J connectivity index is 2.63. The van der Waals surface area contributed by atoms with E-state index in [1.54, 1.807) is 0 Å². The molecule has 5 heteroatoms. The van der Waals surface area contributed by atoms with Gasteiger partial charge in [0, 0.05) is 6.54 Å². The Kier molecular flexibility index (Phi) is 4.71. The van der Waals surface area contributed by atoms with Gasteiger partial charge in [0.2, 0.25) is 0 Å². The molecule has 0 aliphatic rings. The second-order valence-corrected chi connectivity index (χ2v) is 9.09.